The standard InChI is InChI=1S/C22H24N2O4/c25-20-16-22(27-14-11-23-20)9-12-24(13-10-22)21(26)17-5-4-8-19(15-17)28-18-6-2-1-3-7-18/h1-8,15H,9-14,16H2,(H,23,25). The molecule has 0 aromatic heterocycles. The van der Waals surface area contributed by atoms with E-state index in [4.69, 9.17) is 9.47 Å². The molecule has 2 aliphatic heterocycles. The minimum absolute atomic E-state index is 0.0218. The molecular formula is C22H24N2O4. The molecule has 4 rings (SSSR count). The first-order valence-corrected chi connectivity index (χ1v) is 9.67. The van der Waals surface area contributed by atoms with E-state index in [1.54, 1.807) is 12.1 Å². The monoisotopic (exact) mass is 380 g/mol. The van der Waals surface area contributed by atoms with Crippen molar-refractivity contribution in [1.82, 2.24) is 10.2 Å². The molecule has 0 bridgehead atoms. The summed E-state index contributed by atoms with van der Waals surface area (Å²) in [6, 6.07) is 16.7. The van der Waals surface area contributed by atoms with Crippen molar-refractivity contribution in [2.24, 2.45) is 0 Å². The molecule has 2 aliphatic rings. The highest BCUT2D eigenvalue weighted by atomic mass is 16.5. The van der Waals surface area contributed by atoms with Crippen LogP contribution in [0.4, 0.5) is 0 Å². The van der Waals surface area contributed by atoms with Gasteiger partial charge in [-0.1, -0.05) is 24.3 Å². The van der Waals surface area contributed by atoms with Crippen molar-refractivity contribution in [3.63, 3.8) is 0 Å². The minimum atomic E-state index is -0.435. The summed E-state index contributed by atoms with van der Waals surface area (Å²) in [5, 5.41) is 2.84. The van der Waals surface area contributed by atoms with Gasteiger partial charge < -0.3 is 19.7 Å². The molecule has 0 aliphatic carbocycles. The number of likely N-dealkylation sites (tertiary alicyclic amines) is 1. The van der Waals surface area contributed by atoms with E-state index in [0.717, 1.165) is 5.75 Å². The third kappa shape index (κ3) is 4.17. The highest BCUT2D eigenvalue weighted by Gasteiger charge is 2.39. The summed E-state index contributed by atoms with van der Waals surface area (Å²) in [4.78, 5) is 26.7. The van der Waals surface area contributed by atoms with E-state index in [1.165, 1.54) is 0 Å². The Bertz CT molecular complexity index is 845. The van der Waals surface area contributed by atoms with Crippen LogP contribution in [-0.4, -0.2) is 48.6 Å². The number of nitrogens with one attached hydrogen (secondary N) is 1. The van der Waals surface area contributed by atoms with Gasteiger partial charge in [0.25, 0.3) is 5.91 Å². The van der Waals surface area contributed by atoms with Crippen LogP contribution in [0.2, 0.25) is 0 Å². The largest absolute Gasteiger partial charge is 0.457 e. The van der Waals surface area contributed by atoms with E-state index in [-0.39, 0.29) is 11.8 Å². The fraction of sp³-hybridized carbons (Fsp3) is 0.364. The van der Waals surface area contributed by atoms with Crippen LogP contribution >= 0.6 is 0 Å². The smallest absolute Gasteiger partial charge is 0.253 e. The maximum Gasteiger partial charge on any atom is 0.253 e. The molecule has 2 aromatic rings. The molecule has 1 N–H and O–H groups in total. The first kappa shape index (κ1) is 18.5. The van der Waals surface area contributed by atoms with Gasteiger partial charge in [-0.15, -0.1) is 0 Å². The number of para-hydroxylation sites is 1. The molecule has 146 valence electrons. The Morgan fingerprint density at radius 3 is 2.57 bits per heavy atom. The molecule has 2 amide bonds. The molecule has 0 unspecified atom stereocenters. The summed E-state index contributed by atoms with van der Waals surface area (Å²) in [6.07, 6.45) is 1.72. The number of hydrogen-bond acceptors (Lipinski definition) is 4. The van der Waals surface area contributed by atoms with Gasteiger partial charge in [0.2, 0.25) is 5.91 Å². The fourth-order valence-corrected chi connectivity index (χ4v) is 3.80. The molecule has 2 saturated heterocycles. The van der Waals surface area contributed by atoms with Gasteiger partial charge in [-0.2, -0.15) is 0 Å². The molecular weight excluding hydrogens is 356 g/mol. The Labute approximate surface area is 164 Å². The third-order valence-corrected chi connectivity index (χ3v) is 5.34. The number of amides is 2. The van der Waals surface area contributed by atoms with Gasteiger partial charge in [-0.3, -0.25) is 9.59 Å². The molecule has 2 heterocycles. The minimum Gasteiger partial charge on any atom is -0.457 e. The SMILES string of the molecule is O=C1CC2(CCN(C(=O)c3cccc(Oc4ccccc4)c3)CC2)OCCN1. The first-order chi connectivity index (χ1) is 13.6. The number of piperidine rings is 1. The number of benzene rings is 2. The van der Waals surface area contributed by atoms with Crippen LogP contribution in [0.25, 0.3) is 0 Å². The second-order valence-electron chi connectivity index (χ2n) is 7.29. The summed E-state index contributed by atoms with van der Waals surface area (Å²) in [5.74, 6) is 1.37. The average molecular weight is 380 g/mol. The number of ether oxygens (including phenoxy) is 2. The molecule has 28 heavy (non-hydrogen) atoms. The van der Waals surface area contributed by atoms with Gasteiger partial charge >= 0.3 is 0 Å². The lowest BCUT2D eigenvalue weighted by Crippen LogP contribution is -2.48. The summed E-state index contributed by atoms with van der Waals surface area (Å²) in [5.41, 5.74) is 0.166. The molecule has 6 nitrogen and oxygen atoms in total. The van der Waals surface area contributed by atoms with Crippen molar-refractivity contribution in [2.75, 3.05) is 26.2 Å². The van der Waals surface area contributed by atoms with E-state index in [1.807, 2.05) is 47.4 Å². The lowest BCUT2D eigenvalue weighted by molar-refractivity contribution is -0.127. The predicted molar refractivity (Wildman–Crippen MR) is 104 cm³/mol. The van der Waals surface area contributed by atoms with Crippen LogP contribution in [0, 0.1) is 0 Å². The summed E-state index contributed by atoms with van der Waals surface area (Å²) in [7, 11) is 0. The van der Waals surface area contributed by atoms with E-state index in [9.17, 15) is 9.59 Å². The van der Waals surface area contributed by atoms with E-state index >= 15 is 0 Å². The maximum absolute atomic E-state index is 13.0. The third-order valence-electron chi connectivity index (χ3n) is 5.34. The Morgan fingerprint density at radius 1 is 1.04 bits per heavy atom. The number of carbonyl (C=O) groups excluding carboxylic acids is 2. The maximum atomic E-state index is 13.0. The van der Waals surface area contributed by atoms with E-state index in [0.29, 0.717) is 56.8 Å². The highest BCUT2D eigenvalue weighted by Crippen LogP contribution is 2.32. The quantitative estimate of drug-likeness (QED) is 0.889. The zero-order valence-corrected chi connectivity index (χ0v) is 15.7. The number of hydrogen-bond donors (Lipinski definition) is 1. The Morgan fingerprint density at radius 2 is 1.79 bits per heavy atom. The highest BCUT2D eigenvalue weighted by molar-refractivity contribution is 5.94. The molecule has 0 radical (unpaired) electrons. The molecule has 0 atom stereocenters. The van der Waals surface area contributed by atoms with Crippen LogP contribution < -0.4 is 10.1 Å². The van der Waals surface area contributed by atoms with E-state index in [2.05, 4.69) is 5.32 Å². The summed E-state index contributed by atoms with van der Waals surface area (Å²) >= 11 is 0. The number of carbonyl (C=O) groups is 2. The fourth-order valence-electron chi connectivity index (χ4n) is 3.80. The van der Waals surface area contributed by atoms with Crippen LogP contribution in [0.5, 0.6) is 11.5 Å². The van der Waals surface area contributed by atoms with Crippen LogP contribution in [-0.2, 0) is 9.53 Å². The van der Waals surface area contributed by atoms with E-state index < -0.39 is 5.60 Å². The predicted octanol–water partition coefficient (Wildman–Crippen LogP) is 2.99. The zero-order chi connectivity index (χ0) is 19.4. The van der Waals surface area contributed by atoms with Crippen LogP contribution in [0.15, 0.2) is 54.6 Å². The summed E-state index contributed by atoms with van der Waals surface area (Å²) in [6.45, 7) is 2.24. The second kappa shape index (κ2) is 8.02. The van der Waals surface area contributed by atoms with Gasteiger partial charge in [0.1, 0.15) is 11.5 Å². The normalized spacial score (nSPS) is 19.0. The molecule has 2 aromatic carbocycles. The summed E-state index contributed by atoms with van der Waals surface area (Å²) < 4.78 is 11.8. The van der Waals surface area contributed by atoms with Crippen molar-refractivity contribution in [3.05, 3.63) is 60.2 Å². The van der Waals surface area contributed by atoms with Crippen molar-refractivity contribution in [1.29, 1.82) is 0 Å². The van der Waals surface area contributed by atoms with Crippen molar-refractivity contribution in [3.8, 4) is 11.5 Å². The van der Waals surface area contributed by atoms with Crippen molar-refractivity contribution in [2.45, 2.75) is 24.9 Å². The average Bonchev–Trinajstić information content (AvgIpc) is 2.90. The Balaban J connectivity index is 1.41. The molecule has 2 fully saturated rings. The van der Waals surface area contributed by atoms with Gasteiger partial charge in [0.05, 0.1) is 18.6 Å². The van der Waals surface area contributed by atoms with Gasteiger partial charge in [0, 0.05) is 25.2 Å². The zero-order valence-electron chi connectivity index (χ0n) is 15.7. The lowest BCUT2D eigenvalue weighted by Gasteiger charge is -2.40. The Kier molecular flexibility index (Phi) is 5.30. The van der Waals surface area contributed by atoms with Crippen LogP contribution in [0.1, 0.15) is 29.6 Å². The molecule has 6 heteroatoms. The first-order valence-electron chi connectivity index (χ1n) is 9.67. The van der Waals surface area contributed by atoms with Gasteiger partial charge in [0.15, 0.2) is 0 Å². The number of rotatable bonds is 3. The number of nitrogens with zero attached hydrogens (tertiary/aromatic N) is 1. The molecule has 1 spiro atoms. The van der Waals surface area contributed by atoms with Crippen molar-refractivity contribution < 1.29 is 19.1 Å². The van der Waals surface area contributed by atoms with Crippen LogP contribution in [0.3, 0.4) is 0 Å². The van der Waals surface area contributed by atoms with Gasteiger partial charge in [-0.05, 0) is 43.2 Å². The molecule has 0 saturated carbocycles. The van der Waals surface area contributed by atoms with Gasteiger partial charge in [-0.25, -0.2) is 0 Å². The van der Waals surface area contributed by atoms with Crippen molar-refractivity contribution >= 4 is 11.8 Å². The topological polar surface area (TPSA) is 67.9 Å². The second-order valence-corrected chi connectivity index (χ2v) is 7.29. The lowest BCUT2D eigenvalue weighted by atomic mass is 9.87. The Hall–Kier alpha value is -2.86.